The quantitative estimate of drug-likeness (QED) is 0.393. The summed E-state index contributed by atoms with van der Waals surface area (Å²) in [5, 5.41) is 7.80. The molecule has 1 spiro atoms. The molecule has 0 radical (unpaired) electrons. The lowest BCUT2D eigenvalue weighted by Gasteiger charge is -2.38. The summed E-state index contributed by atoms with van der Waals surface area (Å²) < 4.78 is 11.4. The number of urea groups is 1. The molecule has 1 aromatic heterocycles. The number of carbonyl (C=O) groups is 5. The molecule has 3 heterocycles. The van der Waals surface area contributed by atoms with Crippen LogP contribution in [-0.4, -0.2) is 58.0 Å². The molecule has 3 aromatic rings. The number of amides is 6. The van der Waals surface area contributed by atoms with E-state index in [-0.39, 0.29) is 25.1 Å². The van der Waals surface area contributed by atoms with Crippen molar-refractivity contribution >= 4 is 40.7 Å². The van der Waals surface area contributed by atoms with Crippen molar-refractivity contribution in [2.75, 3.05) is 6.54 Å². The molecule has 6 amide bonds. The third-order valence-corrected chi connectivity index (χ3v) is 7.13. The van der Waals surface area contributed by atoms with Gasteiger partial charge in [0.1, 0.15) is 24.1 Å². The highest BCUT2D eigenvalue weighted by Gasteiger charge is 2.63. The number of ether oxygens (including phenoxy) is 2. The lowest BCUT2D eigenvalue weighted by Crippen LogP contribution is -2.69. The van der Waals surface area contributed by atoms with E-state index in [1.54, 1.807) is 32.9 Å². The van der Waals surface area contributed by atoms with Gasteiger partial charge in [0.15, 0.2) is 5.41 Å². The summed E-state index contributed by atoms with van der Waals surface area (Å²) >= 11 is 0. The fourth-order valence-electron chi connectivity index (χ4n) is 5.17. The molecular weight excluding hydrogens is 542 g/mol. The second-order valence-electron chi connectivity index (χ2n) is 11.3. The smallest absolute Gasteiger partial charge is 0.411 e. The van der Waals surface area contributed by atoms with E-state index in [1.807, 2.05) is 37.3 Å². The molecule has 2 aliphatic heterocycles. The SMILES string of the molecule is Cc1cc(COc2ccc(C(=O)NC3N(C(=O)OC(C)(C)C)CCC34C(=O)NC(=O)NC4=O)cc2)c2ccccc2n1. The molecule has 2 aromatic carbocycles. The highest BCUT2D eigenvalue weighted by Crippen LogP contribution is 2.39. The molecule has 0 aliphatic carbocycles. The van der Waals surface area contributed by atoms with Gasteiger partial charge >= 0.3 is 12.1 Å². The van der Waals surface area contributed by atoms with Crippen LogP contribution in [0, 0.1) is 12.3 Å². The van der Waals surface area contributed by atoms with Crippen LogP contribution in [0.1, 0.15) is 48.8 Å². The molecule has 5 rings (SSSR count). The first-order valence-corrected chi connectivity index (χ1v) is 13.4. The number of barbiturate groups is 1. The van der Waals surface area contributed by atoms with Crippen LogP contribution >= 0.6 is 0 Å². The summed E-state index contributed by atoms with van der Waals surface area (Å²) in [5.74, 6) is -1.94. The van der Waals surface area contributed by atoms with E-state index in [0.29, 0.717) is 5.75 Å². The minimum absolute atomic E-state index is 0.0647. The van der Waals surface area contributed by atoms with Crippen molar-refractivity contribution in [2.24, 2.45) is 5.41 Å². The molecule has 42 heavy (non-hydrogen) atoms. The lowest BCUT2D eigenvalue weighted by atomic mass is 9.80. The number of hydrogen-bond donors (Lipinski definition) is 3. The number of likely N-dealkylation sites (tertiary alicyclic amines) is 1. The van der Waals surface area contributed by atoms with E-state index < -0.39 is 47.0 Å². The van der Waals surface area contributed by atoms with Crippen molar-refractivity contribution in [2.45, 2.75) is 52.5 Å². The van der Waals surface area contributed by atoms with E-state index in [2.05, 4.69) is 20.9 Å². The van der Waals surface area contributed by atoms with Crippen LogP contribution in [0.4, 0.5) is 9.59 Å². The maximum atomic E-state index is 13.4. The fraction of sp³-hybridized carbons (Fsp3) is 0.333. The number of pyridine rings is 1. The minimum Gasteiger partial charge on any atom is -0.489 e. The van der Waals surface area contributed by atoms with Crippen molar-refractivity contribution < 1.29 is 33.4 Å². The number of aromatic nitrogens is 1. The number of aryl methyl sites for hydroxylation is 1. The first-order valence-electron chi connectivity index (χ1n) is 13.4. The van der Waals surface area contributed by atoms with Crippen molar-refractivity contribution in [3.63, 3.8) is 0 Å². The van der Waals surface area contributed by atoms with E-state index in [4.69, 9.17) is 9.47 Å². The Morgan fingerprint density at radius 3 is 2.38 bits per heavy atom. The van der Waals surface area contributed by atoms with Gasteiger partial charge in [-0.05, 0) is 70.5 Å². The number of fused-ring (bicyclic) bond motifs is 1. The van der Waals surface area contributed by atoms with Crippen LogP contribution < -0.4 is 20.7 Å². The van der Waals surface area contributed by atoms with Gasteiger partial charge in [-0.2, -0.15) is 0 Å². The zero-order chi connectivity index (χ0) is 30.2. The monoisotopic (exact) mass is 573 g/mol. The number of nitrogens with one attached hydrogen (secondary N) is 3. The molecule has 3 N–H and O–H groups in total. The second-order valence-corrected chi connectivity index (χ2v) is 11.3. The minimum atomic E-state index is -1.92. The molecule has 2 aliphatic rings. The average molecular weight is 574 g/mol. The summed E-state index contributed by atoms with van der Waals surface area (Å²) in [5.41, 5.74) is 0.121. The molecule has 0 bridgehead atoms. The average Bonchev–Trinajstić information content (AvgIpc) is 3.30. The topological polar surface area (TPSA) is 156 Å². The number of nitrogens with zero attached hydrogens (tertiary/aromatic N) is 2. The van der Waals surface area contributed by atoms with Crippen LogP contribution in [0.15, 0.2) is 54.6 Å². The largest absolute Gasteiger partial charge is 0.489 e. The molecule has 12 heteroatoms. The maximum Gasteiger partial charge on any atom is 0.411 e. The first kappa shape index (κ1) is 28.5. The Hall–Kier alpha value is -5.00. The number of imide groups is 2. The fourth-order valence-corrected chi connectivity index (χ4v) is 5.17. The maximum absolute atomic E-state index is 13.4. The van der Waals surface area contributed by atoms with Crippen molar-refractivity contribution in [3.8, 4) is 5.75 Å². The number of rotatable bonds is 5. The number of para-hydroxylation sites is 1. The highest BCUT2D eigenvalue weighted by atomic mass is 16.6. The summed E-state index contributed by atoms with van der Waals surface area (Å²) in [7, 11) is 0. The molecular formula is C30H31N5O7. The van der Waals surface area contributed by atoms with E-state index >= 15 is 0 Å². The van der Waals surface area contributed by atoms with Crippen LogP contribution in [0.5, 0.6) is 5.75 Å². The zero-order valence-corrected chi connectivity index (χ0v) is 23.6. The first-order chi connectivity index (χ1) is 19.9. The normalized spacial score (nSPS) is 18.0. The number of hydrogen-bond acceptors (Lipinski definition) is 8. The van der Waals surface area contributed by atoms with Gasteiger partial charge in [0, 0.05) is 28.8 Å². The van der Waals surface area contributed by atoms with Gasteiger partial charge in [-0.3, -0.25) is 34.9 Å². The molecule has 2 fully saturated rings. The molecule has 1 atom stereocenters. The lowest BCUT2D eigenvalue weighted by molar-refractivity contribution is -0.146. The third-order valence-electron chi connectivity index (χ3n) is 7.13. The van der Waals surface area contributed by atoms with Gasteiger partial charge in [0.25, 0.3) is 5.91 Å². The number of benzene rings is 2. The van der Waals surface area contributed by atoms with E-state index in [1.165, 1.54) is 12.1 Å². The van der Waals surface area contributed by atoms with Crippen LogP contribution in [0.2, 0.25) is 0 Å². The Bertz CT molecular complexity index is 1580. The molecule has 1 unspecified atom stereocenters. The summed E-state index contributed by atoms with van der Waals surface area (Å²) in [6.45, 7) is 7.15. The van der Waals surface area contributed by atoms with Crippen molar-refractivity contribution in [3.05, 3.63) is 71.4 Å². The van der Waals surface area contributed by atoms with Crippen LogP contribution in [0.3, 0.4) is 0 Å². The molecule has 0 saturated carbocycles. The predicted molar refractivity (Wildman–Crippen MR) is 150 cm³/mol. The van der Waals surface area contributed by atoms with E-state index in [9.17, 15) is 24.0 Å². The van der Waals surface area contributed by atoms with Crippen molar-refractivity contribution in [1.82, 2.24) is 25.8 Å². The van der Waals surface area contributed by atoms with Crippen LogP contribution in [0.25, 0.3) is 10.9 Å². The second kappa shape index (κ2) is 10.8. The predicted octanol–water partition coefficient (Wildman–Crippen LogP) is 3.17. The van der Waals surface area contributed by atoms with Gasteiger partial charge in [-0.15, -0.1) is 0 Å². The molecule has 2 saturated heterocycles. The number of carbonyl (C=O) groups excluding carboxylic acids is 5. The van der Waals surface area contributed by atoms with E-state index in [0.717, 1.165) is 27.1 Å². The Labute approximate surface area is 241 Å². The van der Waals surface area contributed by atoms with Gasteiger partial charge in [-0.25, -0.2) is 9.59 Å². The van der Waals surface area contributed by atoms with Gasteiger partial charge < -0.3 is 14.8 Å². The van der Waals surface area contributed by atoms with Gasteiger partial charge in [0.2, 0.25) is 11.8 Å². The highest BCUT2D eigenvalue weighted by molar-refractivity contribution is 6.20. The Kier molecular flexibility index (Phi) is 7.31. The zero-order valence-electron chi connectivity index (χ0n) is 23.6. The summed E-state index contributed by atoms with van der Waals surface area (Å²) in [6, 6.07) is 15.1. The van der Waals surface area contributed by atoms with Crippen LogP contribution in [-0.2, 0) is 20.9 Å². The molecule has 12 nitrogen and oxygen atoms in total. The van der Waals surface area contributed by atoms with Crippen molar-refractivity contribution in [1.29, 1.82) is 0 Å². The standard InChI is InChI=1S/C30H31N5O7/c1-17-15-19(21-7-5-6-8-22(21)31-17)16-41-20-11-9-18(10-12-20)23(36)32-24-30(25(37)33-27(39)34-26(30)38)13-14-35(24)28(40)42-29(2,3)4/h5-12,15,24H,13-14,16H2,1-4H3,(H,32,36)(H2,33,34,37,38,39). The summed E-state index contributed by atoms with van der Waals surface area (Å²) in [4.78, 5) is 69.9. The Balaban J connectivity index is 1.34. The third kappa shape index (κ3) is 5.47. The Morgan fingerprint density at radius 2 is 1.71 bits per heavy atom. The summed E-state index contributed by atoms with van der Waals surface area (Å²) in [6.07, 6.45) is -2.35. The van der Waals surface area contributed by atoms with Gasteiger partial charge in [0.05, 0.1) is 5.52 Å². The molecule has 218 valence electrons. The van der Waals surface area contributed by atoms with Gasteiger partial charge in [-0.1, -0.05) is 18.2 Å². The Morgan fingerprint density at radius 1 is 1.05 bits per heavy atom.